The van der Waals surface area contributed by atoms with E-state index < -0.39 is 0 Å². The van der Waals surface area contributed by atoms with E-state index in [1.165, 1.54) is 0 Å². The molecule has 0 bridgehead atoms. The maximum absolute atomic E-state index is 9.21. The van der Waals surface area contributed by atoms with Crippen LogP contribution in [-0.4, -0.2) is 23.9 Å². The molecule has 1 aromatic carbocycles. The van der Waals surface area contributed by atoms with Crippen LogP contribution in [0.15, 0.2) is 12.1 Å². The number of halogens is 3. The first-order valence-electron chi connectivity index (χ1n) is 5.86. The molecule has 0 aliphatic carbocycles. The van der Waals surface area contributed by atoms with Gasteiger partial charge in [0.2, 0.25) is 0 Å². The van der Waals surface area contributed by atoms with Crippen LogP contribution in [0.4, 0.5) is 0 Å². The number of nitrogens with one attached hydrogen (secondary N) is 1. The average molecular weight is 329 g/mol. The lowest BCUT2D eigenvalue weighted by Gasteiger charge is -2.24. The Hall–Kier alpha value is -0.190. The molecule has 0 fully saturated rings. The molecule has 0 spiro atoms. The minimum absolute atomic E-state index is 0. The maximum atomic E-state index is 9.21. The van der Waals surface area contributed by atoms with Crippen LogP contribution < -0.4 is 10.1 Å². The molecule has 0 aliphatic rings. The van der Waals surface area contributed by atoms with Crippen molar-refractivity contribution in [2.24, 2.45) is 0 Å². The summed E-state index contributed by atoms with van der Waals surface area (Å²) < 4.78 is 5.53. The second kappa shape index (κ2) is 8.18. The minimum Gasteiger partial charge on any atom is -0.492 e. The van der Waals surface area contributed by atoms with Gasteiger partial charge in [-0.2, -0.15) is 0 Å². The van der Waals surface area contributed by atoms with E-state index in [4.69, 9.17) is 27.9 Å². The lowest BCUT2D eigenvalue weighted by molar-refractivity contribution is 0.187. The predicted molar refractivity (Wildman–Crippen MR) is 82.9 cm³/mol. The summed E-state index contributed by atoms with van der Waals surface area (Å²) in [6, 6.07) is 3.48. The number of ether oxygens (including phenoxy) is 1. The Labute approximate surface area is 130 Å². The van der Waals surface area contributed by atoms with Crippen molar-refractivity contribution in [3.8, 4) is 5.75 Å². The summed E-state index contributed by atoms with van der Waals surface area (Å²) in [5, 5.41) is 13.5. The van der Waals surface area contributed by atoms with Gasteiger partial charge < -0.3 is 15.2 Å². The zero-order chi connectivity index (χ0) is 13.8. The van der Waals surface area contributed by atoms with Gasteiger partial charge in [-0.05, 0) is 32.9 Å². The molecular weight excluding hydrogens is 309 g/mol. The first-order chi connectivity index (χ1) is 8.39. The Morgan fingerprint density at radius 1 is 1.32 bits per heavy atom. The van der Waals surface area contributed by atoms with E-state index in [9.17, 15) is 5.11 Å². The van der Waals surface area contributed by atoms with Crippen LogP contribution in [-0.2, 0) is 6.54 Å². The van der Waals surface area contributed by atoms with E-state index in [1.54, 1.807) is 6.07 Å². The van der Waals surface area contributed by atoms with Crippen molar-refractivity contribution in [3.63, 3.8) is 0 Å². The van der Waals surface area contributed by atoms with Gasteiger partial charge in [0.1, 0.15) is 5.75 Å². The molecule has 0 aromatic heterocycles. The van der Waals surface area contributed by atoms with Gasteiger partial charge in [0.15, 0.2) is 0 Å². The third kappa shape index (κ3) is 5.76. The highest BCUT2D eigenvalue weighted by atomic mass is 35.5. The molecular formula is C13H20Cl3NO2. The van der Waals surface area contributed by atoms with E-state index in [0.29, 0.717) is 28.9 Å². The van der Waals surface area contributed by atoms with Gasteiger partial charge in [0, 0.05) is 22.7 Å². The van der Waals surface area contributed by atoms with Crippen LogP contribution in [0.2, 0.25) is 10.0 Å². The summed E-state index contributed by atoms with van der Waals surface area (Å²) in [6.45, 7) is 6.85. The largest absolute Gasteiger partial charge is 0.492 e. The SMILES string of the molecule is CCOc1c(Cl)cc(Cl)cc1CNC(C)(C)CO.Cl. The summed E-state index contributed by atoms with van der Waals surface area (Å²) in [5.41, 5.74) is 0.522. The molecule has 110 valence electrons. The average Bonchev–Trinajstić information content (AvgIpc) is 2.30. The Balaban J connectivity index is 0.00000324. The summed E-state index contributed by atoms with van der Waals surface area (Å²) in [5.74, 6) is 0.643. The second-order valence-electron chi connectivity index (χ2n) is 4.70. The Bertz CT molecular complexity index is 411. The normalized spacial score (nSPS) is 11.1. The van der Waals surface area contributed by atoms with Gasteiger partial charge in [0.05, 0.1) is 18.2 Å². The summed E-state index contributed by atoms with van der Waals surface area (Å²) in [4.78, 5) is 0. The van der Waals surface area contributed by atoms with E-state index in [2.05, 4.69) is 5.32 Å². The highest BCUT2D eigenvalue weighted by molar-refractivity contribution is 6.35. The molecule has 1 rings (SSSR count). The van der Waals surface area contributed by atoms with Gasteiger partial charge in [-0.3, -0.25) is 0 Å². The molecule has 0 aliphatic heterocycles. The molecule has 3 nitrogen and oxygen atoms in total. The Morgan fingerprint density at radius 3 is 2.47 bits per heavy atom. The maximum Gasteiger partial charge on any atom is 0.142 e. The number of rotatable bonds is 6. The molecule has 0 amide bonds. The van der Waals surface area contributed by atoms with Gasteiger partial charge in [-0.15, -0.1) is 12.4 Å². The molecule has 19 heavy (non-hydrogen) atoms. The van der Waals surface area contributed by atoms with Gasteiger partial charge in [-0.1, -0.05) is 23.2 Å². The van der Waals surface area contributed by atoms with Crippen LogP contribution in [0.5, 0.6) is 5.75 Å². The fourth-order valence-corrected chi connectivity index (χ4v) is 2.03. The van der Waals surface area contributed by atoms with Crippen molar-refractivity contribution in [1.82, 2.24) is 5.32 Å². The molecule has 1 aromatic rings. The standard InChI is InChI=1S/C13H19Cl2NO2.ClH/c1-4-18-12-9(5-10(14)6-11(12)15)7-16-13(2,3)8-17;/h5-6,16-17H,4,7-8H2,1-3H3;1H. The molecule has 0 saturated heterocycles. The van der Waals surface area contributed by atoms with Crippen molar-refractivity contribution >= 4 is 35.6 Å². The Morgan fingerprint density at radius 2 is 1.95 bits per heavy atom. The first kappa shape index (κ1) is 18.8. The topological polar surface area (TPSA) is 41.5 Å². The quantitative estimate of drug-likeness (QED) is 0.837. The van der Waals surface area contributed by atoms with Crippen LogP contribution in [0.3, 0.4) is 0 Å². The molecule has 0 saturated carbocycles. The summed E-state index contributed by atoms with van der Waals surface area (Å²) >= 11 is 12.1. The molecule has 6 heteroatoms. The van der Waals surface area contributed by atoms with E-state index in [1.807, 2.05) is 26.8 Å². The predicted octanol–water partition coefficient (Wildman–Crippen LogP) is 3.67. The molecule has 0 unspecified atom stereocenters. The van der Waals surface area contributed by atoms with Crippen molar-refractivity contribution < 1.29 is 9.84 Å². The van der Waals surface area contributed by atoms with Crippen molar-refractivity contribution in [2.45, 2.75) is 32.9 Å². The monoisotopic (exact) mass is 327 g/mol. The first-order valence-corrected chi connectivity index (χ1v) is 6.62. The Kier molecular flexibility index (Phi) is 8.09. The zero-order valence-corrected chi connectivity index (χ0v) is 13.6. The molecule has 0 atom stereocenters. The van der Waals surface area contributed by atoms with Gasteiger partial charge >= 0.3 is 0 Å². The number of aliphatic hydroxyl groups excluding tert-OH is 1. The van der Waals surface area contributed by atoms with Gasteiger partial charge in [0.25, 0.3) is 0 Å². The highest BCUT2D eigenvalue weighted by Crippen LogP contribution is 2.32. The van der Waals surface area contributed by atoms with E-state index in [-0.39, 0.29) is 24.6 Å². The van der Waals surface area contributed by atoms with Crippen molar-refractivity contribution in [3.05, 3.63) is 27.7 Å². The van der Waals surface area contributed by atoms with Crippen LogP contribution in [0.25, 0.3) is 0 Å². The summed E-state index contributed by atoms with van der Waals surface area (Å²) in [7, 11) is 0. The minimum atomic E-state index is -0.363. The smallest absolute Gasteiger partial charge is 0.142 e. The second-order valence-corrected chi connectivity index (χ2v) is 5.55. The lowest BCUT2D eigenvalue weighted by Crippen LogP contribution is -2.42. The van der Waals surface area contributed by atoms with Crippen LogP contribution in [0.1, 0.15) is 26.3 Å². The third-order valence-electron chi connectivity index (χ3n) is 2.53. The number of benzene rings is 1. The zero-order valence-electron chi connectivity index (χ0n) is 11.3. The van der Waals surface area contributed by atoms with Crippen LogP contribution in [0, 0.1) is 0 Å². The van der Waals surface area contributed by atoms with E-state index in [0.717, 1.165) is 5.56 Å². The number of hydrogen-bond donors (Lipinski definition) is 2. The van der Waals surface area contributed by atoms with Crippen LogP contribution >= 0.6 is 35.6 Å². The molecule has 0 radical (unpaired) electrons. The fraction of sp³-hybridized carbons (Fsp3) is 0.538. The molecule has 2 N–H and O–H groups in total. The fourth-order valence-electron chi connectivity index (χ4n) is 1.44. The lowest BCUT2D eigenvalue weighted by atomic mass is 10.1. The van der Waals surface area contributed by atoms with Gasteiger partial charge in [-0.25, -0.2) is 0 Å². The third-order valence-corrected chi connectivity index (χ3v) is 3.03. The van der Waals surface area contributed by atoms with Crippen molar-refractivity contribution in [2.75, 3.05) is 13.2 Å². The number of hydrogen-bond acceptors (Lipinski definition) is 3. The highest BCUT2D eigenvalue weighted by Gasteiger charge is 2.17. The molecule has 0 heterocycles. The van der Waals surface area contributed by atoms with E-state index >= 15 is 0 Å². The summed E-state index contributed by atoms with van der Waals surface area (Å²) in [6.07, 6.45) is 0. The van der Waals surface area contributed by atoms with Crippen molar-refractivity contribution in [1.29, 1.82) is 0 Å². The number of aliphatic hydroxyl groups is 1.